The highest BCUT2D eigenvalue weighted by atomic mass is 28.4. The van der Waals surface area contributed by atoms with Crippen LogP contribution in [0.4, 0.5) is 5.69 Å². The Balaban J connectivity index is 1.37. The fourth-order valence-corrected chi connectivity index (χ4v) is 10.6. The second-order valence-electron chi connectivity index (χ2n) is 11.4. The second kappa shape index (κ2) is 10.2. The highest BCUT2D eigenvalue weighted by molar-refractivity contribution is 6.99. The molecular weight excluding hydrogens is 486 g/mol. The first-order valence-corrected chi connectivity index (χ1v) is 15.1. The summed E-state index contributed by atoms with van der Waals surface area (Å²) in [6.07, 6.45) is 3.95. The van der Waals surface area contributed by atoms with Crippen LogP contribution in [-0.2, 0) is 4.43 Å². The fourth-order valence-electron chi connectivity index (χ4n) is 5.93. The van der Waals surface area contributed by atoms with Crippen LogP contribution in [0.25, 0.3) is 5.69 Å². The number of anilines is 1. The molecule has 1 saturated carbocycles. The van der Waals surface area contributed by atoms with Crippen LogP contribution in [0.15, 0.2) is 91.1 Å². The van der Waals surface area contributed by atoms with Gasteiger partial charge in [-0.1, -0.05) is 81.4 Å². The molecule has 0 radical (unpaired) electrons. The van der Waals surface area contributed by atoms with Crippen LogP contribution in [0.3, 0.4) is 0 Å². The zero-order chi connectivity index (χ0) is 26.9. The first-order chi connectivity index (χ1) is 18.2. The largest absolute Gasteiger partial charge is 0.508 e. The lowest BCUT2D eigenvalue weighted by atomic mass is 9.72. The van der Waals surface area contributed by atoms with Crippen molar-refractivity contribution in [3.8, 4) is 17.5 Å². The third-order valence-electron chi connectivity index (χ3n) is 7.94. The second-order valence-corrected chi connectivity index (χ2v) is 15.7. The first-order valence-electron chi connectivity index (χ1n) is 13.2. The zero-order valence-corrected chi connectivity index (χ0v) is 23.3. The molecule has 1 aliphatic rings. The van der Waals surface area contributed by atoms with Gasteiger partial charge in [0.15, 0.2) is 0 Å². The summed E-state index contributed by atoms with van der Waals surface area (Å²) in [6, 6.07) is 30.6. The van der Waals surface area contributed by atoms with Gasteiger partial charge in [-0.05, 0) is 69.9 Å². The Bertz CT molecular complexity index is 1390. The van der Waals surface area contributed by atoms with Gasteiger partial charge in [-0.25, -0.2) is 0 Å². The number of benzene rings is 3. The number of phenols is 1. The zero-order valence-electron chi connectivity index (χ0n) is 22.3. The van der Waals surface area contributed by atoms with Gasteiger partial charge in [-0.2, -0.15) is 5.26 Å². The molecule has 0 atom stereocenters. The molecule has 38 heavy (non-hydrogen) atoms. The average molecular weight is 522 g/mol. The molecule has 4 aromatic rings. The molecule has 1 fully saturated rings. The standard InChI is InChI=1S/C32H35N3O2Si/c1-32(2,3)38(27-10-6-4-7-11-27,28-12-8-5-9-13-28)37-22-23-18-24(19-23)29-21-35(30(20-33)31(29)34)25-14-16-26(36)17-15-25/h4-17,21,23-24,36H,18-19,22,34H2,1-3H3. The van der Waals surface area contributed by atoms with E-state index in [1.165, 1.54) is 10.4 Å². The number of rotatable bonds is 7. The van der Waals surface area contributed by atoms with Gasteiger partial charge >= 0.3 is 0 Å². The Morgan fingerprint density at radius 2 is 1.50 bits per heavy atom. The van der Waals surface area contributed by atoms with E-state index in [0.717, 1.165) is 24.1 Å². The van der Waals surface area contributed by atoms with Crippen molar-refractivity contribution < 1.29 is 9.53 Å². The molecule has 5 nitrogen and oxygen atoms in total. The van der Waals surface area contributed by atoms with Gasteiger partial charge < -0.3 is 19.8 Å². The molecule has 5 rings (SSSR count). The summed E-state index contributed by atoms with van der Waals surface area (Å²) < 4.78 is 8.97. The van der Waals surface area contributed by atoms with E-state index < -0.39 is 8.32 Å². The van der Waals surface area contributed by atoms with Gasteiger partial charge in [0.2, 0.25) is 0 Å². The number of hydrogen-bond acceptors (Lipinski definition) is 4. The monoisotopic (exact) mass is 521 g/mol. The number of hydrogen-bond donors (Lipinski definition) is 2. The number of nitrogens with two attached hydrogens (primary N) is 1. The van der Waals surface area contributed by atoms with Crippen molar-refractivity contribution in [2.45, 2.75) is 44.6 Å². The lowest BCUT2D eigenvalue weighted by molar-refractivity contribution is 0.151. The SMILES string of the molecule is CC(C)(C)[Si](OCC1CC(c2cn(-c3ccc(O)cc3)c(C#N)c2N)C1)(c1ccccc1)c1ccccc1. The predicted octanol–water partition coefficient (Wildman–Crippen LogP) is 5.71. The summed E-state index contributed by atoms with van der Waals surface area (Å²) in [7, 11) is -2.56. The number of aromatic hydroxyl groups is 1. The van der Waals surface area contributed by atoms with Crippen molar-refractivity contribution >= 4 is 24.4 Å². The van der Waals surface area contributed by atoms with Crippen LogP contribution in [0, 0.1) is 17.2 Å². The predicted molar refractivity (Wildman–Crippen MR) is 156 cm³/mol. The minimum absolute atomic E-state index is 0.0493. The van der Waals surface area contributed by atoms with Crippen LogP contribution in [-0.4, -0.2) is 24.6 Å². The van der Waals surface area contributed by atoms with E-state index in [0.29, 0.717) is 29.8 Å². The summed E-state index contributed by atoms with van der Waals surface area (Å²) >= 11 is 0. The van der Waals surface area contributed by atoms with Crippen molar-refractivity contribution in [2.75, 3.05) is 12.3 Å². The summed E-state index contributed by atoms with van der Waals surface area (Å²) in [5.74, 6) is 0.923. The smallest absolute Gasteiger partial charge is 0.261 e. The molecule has 194 valence electrons. The van der Waals surface area contributed by atoms with Crippen molar-refractivity contribution in [3.05, 3.63) is 102 Å². The van der Waals surface area contributed by atoms with Crippen molar-refractivity contribution in [1.82, 2.24) is 4.57 Å². The Morgan fingerprint density at radius 1 is 0.947 bits per heavy atom. The quantitative estimate of drug-likeness (QED) is 0.305. The number of aromatic nitrogens is 1. The molecule has 0 spiro atoms. The molecular formula is C32H35N3O2Si. The van der Waals surface area contributed by atoms with Crippen molar-refractivity contribution in [2.24, 2.45) is 5.92 Å². The van der Waals surface area contributed by atoms with Crippen LogP contribution in [0.5, 0.6) is 5.75 Å². The van der Waals surface area contributed by atoms with Crippen LogP contribution in [0.1, 0.15) is 50.8 Å². The maximum atomic E-state index is 9.80. The third kappa shape index (κ3) is 4.53. The van der Waals surface area contributed by atoms with E-state index in [2.05, 4.69) is 87.5 Å². The maximum Gasteiger partial charge on any atom is 0.261 e. The molecule has 3 N–H and O–H groups in total. The van der Waals surface area contributed by atoms with Crippen molar-refractivity contribution in [3.63, 3.8) is 0 Å². The Kier molecular flexibility index (Phi) is 6.91. The number of phenolic OH excluding ortho intramolecular Hbond substituents is 1. The van der Waals surface area contributed by atoms with Gasteiger partial charge in [-0.3, -0.25) is 0 Å². The summed E-state index contributed by atoms with van der Waals surface area (Å²) in [6.45, 7) is 7.62. The molecule has 1 aromatic heterocycles. The van der Waals surface area contributed by atoms with Crippen LogP contribution in [0.2, 0.25) is 5.04 Å². The molecule has 6 heteroatoms. The van der Waals surface area contributed by atoms with E-state index in [4.69, 9.17) is 10.2 Å². The topological polar surface area (TPSA) is 84.2 Å². The van der Waals surface area contributed by atoms with E-state index >= 15 is 0 Å². The van der Waals surface area contributed by atoms with Crippen LogP contribution >= 0.6 is 0 Å². The summed E-state index contributed by atoms with van der Waals surface area (Å²) in [5, 5.41) is 22.0. The highest BCUT2D eigenvalue weighted by Gasteiger charge is 2.50. The maximum absolute atomic E-state index is 9.80. The molecule has 0 bridgehead atoms. The van der Waals surface area contributed by atoms with E-state index in [-0.39, 0.29) is 10.8 Å². The highest BCUT2D eigenvalue weighted by Crippen LogP contribution is 2.46. The Labute approximate surface area is 226 Å². The first kappa shape index (κ1) is 25.8. The Morgan fingerprint density at radius 3 is 2.00 bits per heavy atom. The molecule has 0 aliphatic heterocycles. The van der Waals surface area contributed by atoms with Gasteiger partial charge in [0.1, 0.15) is 17.5 Å². The molecule has 1 heterocycles. The number of nitriles is 1. The third-order valence-corrected chi connectivity index (χ3v) is 12.9. The normalized spacial score (nSPS) is 17.5. The molecule has 0 unspecified atom stereocenters. The molecule has 0 amide bonds. The number of nitrogen functional groups attached to an aromatic ring is 1. The Hall–Kier alpha value is -3.79. The van der Waals surface area contributed by atoms with Crippen LogP contribution < -0.4 is 16.1 Å². The van der Waals surface area contributed by atoms with Gasteiger partial charge in [0.05, 0.1) is 5.69 Å². The fraction of sp³-hybridized carbons (Fsp3) is 0.281. The average Bonchev–Trinajstić information content (AvgIpc) is 3.21. The minimum Gasteiger partial charge on any atom is -0.508 e. The van der Waals surface area contributed by atoms with Gasteiger partial charge in [-0.15, -0.1) is 0 Å². The minimum atomic E-state index is -2.56. The van der Waals surface area contributed by atoms with Gasteiger partial charge in [0.25, 0.3) is 8.32 Å². The van der Waals surface area contributed by atoms with Gasteiger partial charge in [0, 0.05) is 18.5 Å². The van der Waals surface area contributed by atoms with E-state index in [9.17, 15) is 10.4 Å². The molecule has 3 aromatic carbocycles. The van der Waals surface area contributed by atoms with E-state index in [1.54, 1.807) is 24.3 Å². The van der Waals surface area contributed by atoms with E-state index in [1.807, 2.05) is 10.8 Å². The lowest BCUT2D eigenvalue weighted by Gasteiger charge is -2.45. The number of nitrogens with zero attached hydrogens (tertiary/aromatic N) is 2. The summed E-state index contributed by atoms with van der Waals surface area (Å²) in [4.78, 5) is 0. The summed E-state index contributed by atoms with van der Waals surface area (Å²) in [5.41, 5.74) is 9.30. The van der Waals surface area contributed by atoms with Crippen molar-refractivity contribution in [1.29, 1.82) is 5.26 Å². The molecule has 1 aliphatic carbocycles. The lowest BCUT2D eigenvalue weighted by Crippen LogP contribution is -2.67. The molecule has 0 saturated heterocycles.